The summed E-state index contributed by atoms with van der Waals surface area (Å²) < 4.78 is 2.22. The number of carbonyl (C=O) groups is 2. The van der Waals surface area contributed by atoms with Crippen LogP contribution in [0.5, 0.6) is 0 Å². The Morgan fingerprint density at radius 1 is 1.20 bits per heavy atom. The molecule has 0 bridgehead atoms. The predicted octanol–water partition coefficient (Wildman–Crippen LogP) is 4.66. The molecule has 8 heteroatoms. The molecule has 1 aliphatic heterocycles. The van der Waals surface area contributed by atoms with Crippen molar-refractivity contribution in [3.05, 3.63) is 57.7 Å². The Hall–Kier alpha value is -2.58. The van der Waals surface area contributed by atoms with Gasteiger partial charge in [0.1, 0.15) is 6.04 Å². The third-order valence-electron chi connectivity index (χ3n) is 5.70. The molecule has 0 radical (unpaired) electrons. The summed E-state index contributed by atoms with van der Waals surface area (Å²) in [6.45, 7) is 5.01. The normalized spacial score (nSPS) is 15.9. The summed E-state index contributed by atoms with van der Waals surface area (Å²) in [6, 6.07) is 11.2. The quantitative estimate of drug-likeness (QED) is 0.463. The van der Waals surface area contributed by atoms with Crippen molar-refractivity contribution in [3.63, 3.8) is 0 Å². The maximum atomic E-state index is 13.2. The van der Waals surface area contributed by atoms with Crippen LogP contribution < -0.4 is 0 Å². The van der Waals surface area contributed by atoms with Crippen LogP contribution in [0.3, 0.4) is 0 Å². The summed E-state index contributed by atoms with van der Waals surface area (Å²) >= 11 is 6.95. The maximum absolute atomic E-state index is 13.2. The fourth-order valence-electron chi connectivity index (χ4n) is 3.93. The zero-order valence-electron chi connectivity index (χ0n) is 17.0. The van der Waals surface area contributed by atoms with Crippen LogP contribution in [0.25, 0.3) is 10.7 Å². The van der Waals surface area contributed by atoms with E-state index in [1.165, 1.54) is 0 Å². The average Bonchev–Trinajstić information content (AvgIpc) is 3.42. The molecule has 1 atom stereocenters. The number of hydrogen-bond acceptors (Lipinski definition) is 5. The molecule has 2 aromatic heterocycles. The average molecular weight is 441 g/mol. The number of piperidine rings is 1. The molecule has 1 aliphatic rings. The first-order valence-corrected chi connectivity index (χ1v) is 11.3. The predicted molar refractivity (Wildman–Crippen MR) is 120 cm³/mol. The summed E-state index contributed by atoms with van der Waals surface area (Å²) in [7, 11) is 0. The standard InChI is InChI=1S/C22H24N4O2S2/c1-14-5-7-16(8-6-14)19(27)17-9-11-25(12-10-17)21(28)15(2)26-20(23-24-22(26)29)18-4-3-13-30-18/h3-8,13,15,17H,9-12H2,1-2H3,(H,24,29). The van der Waals surface area contributed by atoms with E-state index in [1.807, 2.05) is 60.5 Å². The van der Waals surface area contributed by atoms with Gasteiger partial charge in [0.2, 0.25) is 5.91 Å². The van der Waals surface area contributed by atoms with Crippen molar-refractivity contribution in [3.8, 4) is 10.7 Å². The zero-order valence-corrected chi connectivity index (χ0v) is 18.6. The number of amides is 1. The zero-order chi connectivity index (χ0) is 21.3. The van der Waals surface area contributed by atoms with Gasteiger partial charge in [-0.2, -0.15) is 5.10 Å². The van der Waals surface area contributed by atoms with Gasteiger partial charge in [-0.25, -0.2) is 0 Å². The number of aryl methyl sites for hydroxylation is 1. The molecule has 1 saturated heterocycles. The van der Waals surface area contributed by atoms with Gasteiger partial charge < -0.3 is 4.90 Å². The summed E-state index contributed by atoms with van der Waals surface area (Å²) in [5.74, 6) is 0.823. The van der Waals surface area contributed by atoms with Crippen molar-refractivity contribution in [1.29, 1.82) is 0 Å². The topological polar surface area (TPSA) is 71.0 Å². The number of nitrogens with one attached hydrogen (secondary N) is 1. The van der Waals surface area contributed by atoms with Crippen molar-refractivity contribution in [2.45, 2.75) is 32.7 Å². The van der Waals surface area contributed by atoms with Crippen molar-refractivity contribution < 1.29 is 9.59 Å². The van der Waals surface area contributed by atoms with Crippen molar-refractivity contribution in [1.82, 2.24) is 19.7 Å². The summed E-state index contributed by atoms with van der Waals surface area (Å²) in [6.07, 6.45) is 1.36. The highest BCUT2D eigenvalue weighted by molar-refractivity contribution is 7.71. The summed E-state index contributed by atoms with van der Waals surface area (Å²) in [5.41, 5.74) is 1.89. The van der Waals surface area contributed by atoms with Gasteiger partial charge in [0.05, 0.1) is 4.88 Å². The molecule has 3 aromatic rings. The number of ketones is 1. The monoisotopic (exact) mass is 440 g/mol. The molecule has 1 unspecified atom stereocenters. The smallest absolute Gasteiger partial charge is 0.245 e. The lowest BCUT2D eigenvalue weighted by Gasteiger charge is -2.33. The molecule has 0 spiro atoms. The first-order chi connectivity index (χ1) is 14.5. The SMILES string of the molecule is Cc1ccc(C(=O)C2CCN(C(=O)C(C)n3c(-c4cccs4)n[nH]c3=S)CC2)cc1. The van der Waals surface area contributed by atoms with Crippen LogP contribution in [0.1, 0.15) is 41.7 Å². The molecule has 0 aliphatic carbocycles. The molecule has 6 nitrogen and oxygen atoms in total. The molecule has 1 N–H and O–H groups in total. The molecular formula is C22H24N4O2S2. The number of benzene rings is 1. The molecule has 3 heterocycles. The number of nitrogens with zero attached hydrogens (tertiary/aromatic N) is 3. The van der Waals surface area contributed by atoms with Crippen LogP contribution in [0.15, 0.2) is 41.8 Å². The highest BCUT2D eigenvalue weighted by atomic mass is 32.1. The Kier molecular flexibility index (Phi) is 5.97. The van der Waals surface area contributed by atoms with Crippen LogP contribution in [-0.2, 0) is 4.79 Å². The Balaban J connectivity index is 1.44. The maximum Gasteiger partial charge on any atom is 0.245 e. The lowest BCUT2D eigenvalue weighted by Crippen LogP contribution is -2.43. The second-order valence-corrected chi connectivity index (χ2v) is 9.04. The van der Waals surface area contributed by atoms with E-state index in [-0.39, 0.29) is 17.6 Å². The number of Topliss-reactive ketones (excluding diaryl/α,β-unsaturated/α-hetero) is 1. The molecular weight excluding hydrogens is 416 g/mol. The number of rotatable bonds is 5. The van der Waals surface area contributed by atoms with Gasteiger partial charge in [-0.3, -0.25) is 19.3 Å². The van der Waals surface area contributed by atoms with Crippen LogP contribution in [0, 0.1) is 17.6 Å². The van der Waals surface area contributed by atoms with Gasteiger partial charge in [-0.1, -0.05) is 35.9 Å². The molecule has 1 aromatic carbocycles. The fourth-order valence-corrected chi connectivity index (χ4v) is 4.93. The van der Waals surface area contributed by atoms with E-state index in [0.717, 1.165) is 16.0 Å². The van der Waals surface area contributed by atoms with E-state index in [4.69, 9.17) is 12.2 Å². The molecule has 1 fully saturated rings. The molecule has 1 amide bonds. The highest BCUT2D eigenvalue weighted by Crippen LogP contribution is 2.28. The van der Waals surface area contributed by atoms with Crippen LogP contribution in [0.2, 0.25) is 0 Å². The number of likely N-dealkylation sites (tertiary alicyclic amines) is 1. The minimum Gasteiger partial charge on any atom is -0.341 e. The Morgan fingerprint density at radius 2 is 1.90 bits per heavy atom. The van der Waals surface area contributed by atoms with Crippen molar-refractivity contribution in [2.24, 2.45) is 5.92 Å². The fraction of sp³-hybridized carbons (Fsp3) is 0.364. The summed E-state index contributed by atoms with van der Waals surface area (Å²) in [4.78, 5) is 28.8. The third-order valence-corrected chi connectivity index (χ3v) is 6.86. The van der Waals surface area contributed by atoms with Gasteiger partial charge in [0.15, 0.2) is 16.4 Å². The number of aromatic nitrogens is 3. The second-order valence-electron chi connectivity index (χ2n) is 7.71. The van der Waals surface area contributed by atoms with E-state index in [2.05, 4.69) is 10.2 Å². The first-order valence-electron chi connectivity index (χ1n) is 10.1. The van der Waals surface area contributed by atoms with E-state index in [0.29, 0.717) is 36.5 Å². The second kappa shape index (κ2) is 8.65. The first kappa shape index (κ1) is 20.7. The lowest BCUT2D eigenvalue weighted by atomic mass is 9.88. The van der Waals surface area contributed by atoms with Crippen molar-refractivity contribution in [2.75, 3.05) is 13.1 Å². The molecule has 0 saturated carbocycles. The van der Waals surface area contributed by atoms with Crippen LogP contribution in [-0.4, -0.2) is 44.4 Å². The number of hydrogen-bond donors (Lipinski definition) is 1. The van der Waals surface area contributed by atoms with E-state index in [9.17, 15) is 9.59 Å². The van der Waals surface area contributed by atoms with E-state index in [1.54, 1.807) is 15.9 Å². The van der Waals surface area contributed by atoms with Gasteiger partial charge in [-0.05, 0) is 50.4 Å². The van der Waals surface area contributed by atoms with Gasteiger partial charge >= 0.3 is 0 Å². The van der Waals surface area contributed by atoms with Crippen molar-refractivity contribution >= 4 is 35.2 Å². The third kappa shape index (κ3) is 4.02. The van der Waals surface area contributed by atoms with E-state index < -0.39 is 6.04 Å². The molecule has 156 valence electrons. The van der Waals surface area contributed by atoms with Gasteiger partial charge in [0, 0.05) is 24.6 Å². The Labute approximate surface area is 184 Å². The largest absolute Gasteiger partial charge is 0.341 e. The lowest BCUT2D eigenvalue weighted by molar-refractivity contribution is -0.135. The Morgan fingerprint density at radius 3 is 2.53 bits per heavy atom. The van der Waals surface area contributed by atoms with Gasteiger partial charge in [-0.15, -0.1) is 11.3 Å². The van der Waals surface area contributed by atoms with Crippen LogP contribution in [0.4, 0.5) is 0 Å². The molecule has 4 rings (SSSR count). The minimum atomic E-state index is -0.460. The van der Waals surface area contributed by atoms with Crippen LogP contribution >= 0.6 is 23.6 Å². The minimum absolute atomic E-state index is 0.00606. The Bertz CT molecular complexity index is 1090. The summed E-state index contributed by atoms with van der Waals surface area (Å²) in [5, 5.41) is 9.11. The number of thiophene rings is 1. The number of H-pyrrole nitrogens is 1. The van der Waals surface area contributed by atoms with Gasteiger partial charge in [0.25, 0.3) is 0 Å². The highest BCUT2D eigenvalue weighted by Gasteiger charge is 2.31. The van der Waals surface area contributed by atoms with E-state index >= 15 is 0 Å². The number of carbonyl (C=O) groups excluding carboxylic acids is 2. The molecule has 30 heavy (non-hydrogen) atoms. The number of aromatic amines is 1.